The fraction of sp³-hybridized carbons (Fsp3) is 0.385. The van der Waals surface area contributed by atoms with Gasteiger partial charge in [0.1, 0.15) is 0 Å². The number of aromatic nitrogens is 5. The molecule has 8 heteroatoms. The standard InChI is InChI=1S/C26H31N7O/c1-17-15-21(16-18(2)28-17)22-23(20-7-5-4-6-8-20)29-25(27)33-24(22)30-32(26(33)34)14-11-19-9-12-31(3)13-10-19/h4-8,15-16,19H,9-14H2,1-3H3,(H2,27,29). The molecule has 0 unspecified atom stereocenters. The molecular weight excluding hydrogens is 426 g/mol. The smallest absolute Gasteiger partial charge is 0.353 e. The fourth-order valence-corrected chi connectivity index (χ4v) is 4.95. The highest BCUT2D eigenvalue weighted by atomic mass is 16.2. The van der Waals surface area contributed by atoms with E-state index in [4.69, 9.17) is 15.8 Å². The van der Waals surface area contributed by atoms with Crippen LogP contribution in [0.1, 0.15) is 30.7 Å². The van der Waals surface area contributed by atoms with Gasteiger partial charge in [-0.3, -0.25) is 4.98 Å². The van der Waals surface area contributed by atoms with Gasteiger partial charge in [-0.15, -0.1) is 5.10 Å². The first-order valence-electron chi connectivity index (χ1n) is 11.9. The van der Waals surface area contributed by atoms with Gasteiger partial charge in [-0.2, -0.15) is 0 Å². The molecule has 0 aliphatic carbocycles. The number of nitrogens with zero attached hydrogens (tertiary/aromatic N) is 6. The maximum absolute atomic E-state index is 13.4. The normalized spacial score (nSPS) is 15.3. The largest absolute Gasteiger partial charge is 0.369 e. The van der Waals surface area contributed by atoms with Crippen molar-refractivity contribution in [3.8, 4) is 22.4 Å². The molecule has 1 fully saturated rings. The monoisotopic (exact) mass is 457 g/mol. The van der Waals surface area contributed by atoms with E-state index in [2.05, 4.69) is 16.9 Å². The van der Waals surface area contributed by atoms with Crippen molar-refractivity contribution >= 4 is 11.6 Å². The summed E-state index contributed by atoms with van der Waals surface area (Å²) in [4.78, 5) is 24.9. The van der Waals surface area contributed by atoms with Crippen LogP contribution in [0, 0.1) is 19.8 Å². The van der Waals surface area contributed by atoms with E-state index in [9.17, 15) is 4.79 Å². The zero-order chi connectivity index (χ0) is 23.8. The zero-order valence-corrected chi connectivity index (χ0v) is 20.0. The number of likely N-dealkylation sites (tertiary alicyclic amines) is 1. The zero-order valence-electron chi connectivity index (χ0n) is 20.0. The highest BCUT2D eigenvalue weighted by Gasteiger charge is 2.23. The van der Waals surface area contributed by atoms with Gasteiger partial charge in [0.2, 0.25) is 5.95 Å². The minimum Gasteiger partial charge on any atom is -0.369 e. The van der Waals surface area contributed by atoms with Crippen LogP contribution in [-0.4, -0.2) is 49.2 Å². The van der Waals surface area contributed by atoms with Crippen LogP contribution in [0.4, 0.5) is 5.95 Å². The average molecular weight is 458 g/mol. The summed E-state index contributed by atoms with van der Waals surface area (Å²) < 4.78 is 3.01. The van der Waals surface area contributed by atoms with E-state index in [-0.39, 0.29) is 11.6 Å². The minimum atomic E-state index is -0.240. The summed E-state index contributed by atoms with van der Waals surface area (Å²) in [5, 5.41) is 4.81. The lowest BCUT2D eigenvalue weighted by Crippen LogP contribution is -2.31. The van der Waals surface area contributed by atoms with Crippen LogP contribution < -0.4 is 11.4 Å². The van der Waals surface area contributed by atoms with Gasteiger partial charge in [0.15, 0.2) is 5.65 Å². The Morgan fingerprint density at radius 3 is 2.35 bits per heavy atom. The van der Waals surface area contributed by atoms with Crippen molar-refractivity contribution in [3.63, 3.8) is 0 Å². The molecule has 0 atom stereocenters. The van der Waals surface area contributed by atoms with Crippen molar-refractivity contribution in [2.24, 2.45) is 5.92 Å². The van der Waals surface area contributed by atoms with E-state index in [1.807, 2.05) is 56.3 Å². The number of nitrogen functional groups attached to an aromatic ring is 1. The van der Waals surface area contributed by atoms with Gasteiger partial charge in [0.05, 0.1) is 11.3 Å². The molecule has 0 spiro atoms. The van der Waals surface area contributed by atoms with Crippen LogP contribution in [0.3, 0.4) is 0 Å². The second-order valence-electron chi connectivity index (χ2n) is 9.40. The molecule has 176 valence electrons. The first-order valence-corrected chi connectivity index (χ1v) is 11.9. The predicted molar refractivity (Wildman–Crippen MR) is 135 cm³/mol. The molecule has 0 radical (unpaired) electrons. The number of anilines is 1. The quantitative estimate of drug-likeness (QED) is 0.493. The average Bonchev–Trinajstić information content (AvgIpc) is 3.15. The number of hydrogen-bond acceptors (Lipinski definition) is 6. The Balaban J connectivity index is 1.65. The minimum absolute atomic E-state index is 0.149. The summed E-state index contributed by atoms with van der Waals surface area (Å²) in [6, 6.07) is 13.9. The highest BCUT2D eigenvalue weighted by Crippen LogP contribution is 2.34. The Morgan fingerprint density at radius 2 is 1.68 bits per heavy atom. The van der Waals surface area contributed by atoms with Gasteiger partial charge in [0, 0.05) is 23.5 Å². The van der Waals surface area contributed by atoms with Crippen LogP contribution >= 0.6 is 0 Å². The van der Waals surface area contributed by atoms with Crippen molar-refractivity contribution in [1.29, 1.82) is 0 Å². The first kappa shape index (κ1) is 22.3. The van der Waals surface area contributed by atoms with Crippen LogP contribution in [0.15, 0.2) is 47.3 Å². The highest BCUT2D eigenvalue weighted by molar-refractivity contribution is 5.90. The number of fused-ring (bicyclic) bond motifs is 1. The molecule has 8 nitrogen and oxygen atoms in total. The van der Waals surface area contributed by atoms with Gasteiger partial charge in [-0.05, 0) is 76.9 Å². The van der Waals surface area contributed by atoms with Gasteiger partial charge in [-0.1, -0.05) is 30.3 Å². The first-order chi connectivity index (χ1) is 16.4. The third-order valence-electron chi connectivity index (χ3n) is 6.76. The molecule has 1 saturated heterocycles. The Morgan fingerprint density at radius 1 is 1.00 bits per heavy atom. The summed E-state index contributed by atoms with van der Waals surface area (Å²) >= 11 is 0. The Labute approximate surface area is 199 Å². The van der Waals surface area contributed by atoms with Crippen LogP contribution in [0.25, 0.3) is 28.0 Å². The molecule has 3 aromatic heterocycles. The molecule has 1 aromatic carbocycles. The van der Waals surface area contributed by atoms with Crippen LogP contribution in [0.2, 0.25) is 0 Å². The van der Waals surface area contributed by atoms with Crippen LogP contribution in [0.5, 0.6) is 0 Å². The number of rotatable bonds is 5. The van der Waals surface area contributed by atoms with E-state index in [0.717, 1.165) is 60.4 Å². The lowest BCUT2D eigenvalue weighted by Gasteiger charge is -2.28. The molecular formula is C26H31N7O. The molecule has 0 bridgehead atoms. The molecule has 4 heterocycles. The maximum Gasteiger partial charge on any atom is 0.353 e. The van der Waals surface area contributed by atoms with E-state index >= 15 is 0 Å². The Hall–Kier alpha value is -3.52. The van der Waals surface area contributed by atoms with Gasteiger partial charge < -0.3 is 10.6 Å². The molecule has 34 heavy (non-hydrogen) atoms. The molecule has 5 rings (SSSR count). The Bertz CT molecular complexity index is 1360. The molecule has 4 aromatic rings. The number of piperidine rings is 1. The van der Waals surface area contributed by atoms with Crippen molar-refractivity contribution in [1.82, 2.24) is 29.0 Å². The fourth-order valence-electron chi connectivity index (χ4n) is 4.95. The number of aryl methyl sites for hydroxylation is 3. The van der Waals surface area contributed by atoms with E-state index in [0.29, 0.717) is 23.8 Å². The Kier molecular flexibility index (Phi) is 5.91. The van der Waals surface area contributed by atoms with Crippen molar-refractivity contribution in [2.75, 3.05) is 25.9 Å². The van der Waals surface area contributed by atoms with Gasteiger partial charge >= 0.3 is 5.69 Å². The van der Waals surface area contributed by atoms with E-state index in [1.54, 1.807) is 4.68 Å². The number of benzene rings is 1. The number of hydrogen-bond donors (Lipinski definition) is 1. The molecule has 2 N–H and O–H groups in total. The summed E-state index contributed by atoms with van der Waals surface area (Å²) in [5.41, 5.74) is 11.8. The predicted octanol–water partition coefficient (Wildman–Crippen LogP) is 3.55. The lowest BCUT2D eigenvalue weighted by molar-refractivity contribution is 0.206. The van der Waals surface area contributed by atoms with E-state index < -0.39 is 0 Å². The lowest BCUT2D eigenvalue weighted by atomic mass is 9.94. The molecule has 1 aliphatic rings. The molecule has 0 amide bonds. The SMILES string of the molecule is Cc1cc(-c2c(-c3ccccc3)nc(N)n3c(=O)n(CCC4CCN(C)CC4)nc23)cc(C)n1. The maximum atomic E-state index is 13.4. The van der Waals surface area contributed by atoms with E-state index in [1.165, 1.54) is 4.40 Å². The topological polar surface area (TPSA) is 94.3 Å². The molecule has 1 aliphatic heterocycles. The van der Waals surface area contributed by atoms with Gasteiger partial charge in [-0.25, -0.2) is 18.9 Å². The number of pyridine rings is 1. The summed E-state index contributed by atoms with van der Waals surface area (Å²) in [6.07, 6.45) is 3.24. The van der Waals surface area contributed by atoms with Crippen molar-refractivity contribution in [2.45, 2.75) is 39.7 Å². The summed E-state index contributed by atoms with van der Waals surface area (Å²) in [6.45, 7) is 6.71. The second kappa shape index (κ2) is 9.02. The second-order valence-corrected chi connectivity index (χ2v) is 9.40. The van der Waals surface area contributed by atoms with Gasteiger partial charge in [0.25, 0.3) is 0 Å². The third-order valence-corrected chi connectivity index (χ3v) is 6.76. The van der Waals surface area contributed by atoms with Crippen molar-refractivity contribution < 1.29 is 0 Å². The third kappa shape index (κ3) is 4.21. The van der Waals surface area contributed by atoms with Crippen LogP contribution in [-0.2, 0) is 6.54 Å². The van der Waals surface area contributed by atoms with Crippen molar-refractivity contribution in [3.05, 3.63) is 64.3 Å². The molecule has 0 saturated carbocycles. The summed E-state index contributed by atoms with van der Waals surface area (Å²) in [7, 11) is 2.16. The summed E-state index contributed by atoms with van der Waals surface area (Å²) in [5.74, 6) is 0.754. The number of nitrogens with two attached hydrogens (primary N) is 1.